The zero-order chi connectivity index (χ0) is 19.9. The maximum Gasteiger partial charge on any atom is 0.243 e. The van der Waals surface area contributed by atoms with Crippen molar-refractivity contribution in [3.8, 4) is 5.75 Å². The molecular weight excluding hydrogens is 370 g/mol. The number of methoxy groups -OCH3 is 1. The molecule has 148 valence electrons. The monoisotopic (exact) mass is 397 g/mol. The molecule has 4 atom stereocenters. The van der Waals surface area contributed by atoms with Crippen molar-refractivity contribution < 1.29 is 13.2 Å². The van der Waals surface area contributed by atoms with Crippen LogP contribution in [0, 0.1) is 24.7 Å². The van der Waals surface area contributed by atoms with Crippen LogP contribution in [-0.2, 0) is 10.0 Å². The van der Waals surface area contributed by atoms with Crippen LogP contribution in [0.4, 0.5) is 0 Å². The Hall–Kier alpha value is -2.11. The molecule has 1 fully saturated rings. The number of rotatable bonds is 4. The smallest absolute Gasteiger partial charge is 0.243 e. The molecule has 1 saturated heterocycles. The summed E-state index contributed by atoms with van der Waals surface area (Å²) in [4.78, 5) is 0.384. The lowest BCUT2D eigenvalue weighted by molar-refractivity contribution is 0.319. The molecule has 1 aliphatic heterocycles. The summed E-state index contributed by atoms with van der Waals surface area (Å²) in [7, 11) is -1.80. The number of allylic oxidation sites excluding steroid dienone is 1. The van der Waals surface area contributed by atoms with E-state index < -0.39 is 10.0 Å². The minimum absolute atomic E-state index is 0.253. The van der Waals surface area contributed by atoms with Crippen molar-refractivity contribution in [1.29, 1.82) is 0 Å². The lowest BCUT2D eigenvalue weighted by atomic mass is 9.69. The minimum Gasteiger partial charge on any atom is -0.497 e. The summed E-state index contributed by atoms with van der Waals surface area (Å²) in [6.07, 6.45) is 4.47. The molecule has 1 aliphatic carbocycles. The highest BCUT2D eigenvalue weighted by molar-refractivity contribution is 7.89. The third kappa shape index (κ3) is 3.38. The van der Waals surface area contributed by atoms with E-state index in [-0.39, 0.29) is 11.8 Å². The molecule has 0 aromatic heterocycles. The summed E-state index contributed by atoms with van der Waals surface area (Å²) in [6.45, 7) is 5.30. The molecule has 4 nitrogen and oxygen atoms in total. The Bertz CT molecular complexity index is 964. The van der Waals surface area contributed by atoms with E-state index in [0.29, 0.717) is 29.8 Å². The standard InChI is InChI=1S/C23H27NO3S/c1-16-4-12-21(13-5-16)28(25,26)24-14-19-7-6-17(2)23(22(19)15-24)18-8-10-20(27-3)11-9-18/h4-13,17,19,22-23H,14-15H2,1-3H3/t17-,19-,22+,23-/m1/s1. The first-order chi connectivity index (χ1) is 13.4. The SMILES string of the molecule is COc1ccc([C@@H]2[C@H]3CN(S(=O)(=O)c4ccc(C)cc4)C[C@H]3C=C[C@H]2C)cc1. The van der Waals surface area contributed by atoms with E-state index >= 15 is 0 Å². The fourth-order valence-corrected chi connectivity index (χ4v) is 6.17. The van der Waals surface area contributed by atoms with Crippen LogP contribution in [0.3, 0.4) is 0 Å². The van der Waals surface area contributed by atoms with E-state index in [2.05, 4.69) is 31.2 Å². The van der Waals surface area contributed by atoms with E-state index in [1.165, 1.54) is 5.56 Å². The van der Waals surface area contributed by atoms with Gasteiger partial charge in [-0.1, -0.05) is 48.9 Å². The topological polar surface area (TPSA) is 46.6 Å². The molecule has 1 heterocycles. The first-order valence-electron chi connectivity index (χ1n) is 9.79. The van der Waals surface area contributed by atoms with Crippen LogP contribution in [0.25, 0.3) is 0 Å². The van der Waals surface area contributed by atoms with Crippen LogP contribution in [0.2, 0.25) is 0 Å². The number of ether oxygens (including phenoxy) is 1. The van der Waals surface area contributed by atoms with Crippen molar-refractivity contribution in [2.75, 3.05) is 20.2 Å². The van der Waals surface area contributed by atoms with Crippen molar-refractivity contribution in [3.05, 3.63) is 71.8 Å². The molecule has 0 radical (unpaired) electrons. The van der Waals surface area contributed by atoms with Gasteiger partial charge in [0.25, 0.3) is 0 Å². The fourth-order valence-electron chi connectivity index (χ4n) is 4.66. The highest BCUT2D eigenvalue weighted by atomic mass is 32.2. The van der Waals surface area contributed by atoms with Crippen molar-refractivity contribution >= 4 is 10.0 Å². The van der Waals surface area contributed by atoms with Crippen LogP contribution < -0.4 is 4.74 Å². The Morgan fingerprint density at radius 3 is 2.29 bits per heavy atom. The van der Waals surface area contributed by atoms with E-state index in [1.807, 2.05) is 31.2 Å². The van der Waals surface area contributed by atoms with Gasteiger partial charge in [-0.25, -0.2) is 8.42 Å². The number of hydrogen-bond acceptors (Lipinski definition) is 3. The summed E-state index contributed by atoms with van der Waals surface area (Å²) in [5.74, 6) is 2.06. The normalized spacial score (nSPS) is 27.5. The highest BCUT2D eigenvalue weighted by Crippen LogP contribution is 2.46. The molecule has 4 rings (SSSR count). The van der Waals surface area contributed by atoms with Gasteiger partial charge in [0.1, 0.15) is 5.75 Å². The highest BCUT2D eigenvalue weighted by Gasteiger charge is 2.45. The molecule has 0 amide bonds. The maximum atomic E-state index is 13.2. The van der Waals surface area contributed by atoms with Gasteiger partial charge in [-0.15, -0.1) is 0 Å². The second-order valence-corrected chi connectivity index (χ2v) is 9.94. The fraction of sp³-hybridized carbons (Fsp3) is 0.391. The minimum atomic E-state index is -3.47. The van der Waals surface area contributed by atoms with Gasteiger partial charge in [0.2, 0.25) is 10.0 Å². The average molecular weight is 398 g/mol. The van der Waals surface area contributed by atoms with Gasteiger partial charge in [-0.3, -0.25) is 0 Å². The largest absolute Gasteiger partial charge is 0.497 e. The molecule has 2 aromatic rings. The van der Waals surface area contributed by atoms with Gasteiger partial charge in [-0.2, -0.15) is 4.31 Å². The number of benzene rings is 2. The third-order valence-corrected chi connectivity index (χ3v) is 8.07. The summed E-state index contributed by atoms with van der Waals surface area (Å²) in [6, 6.07) is 15.4. The summed E-state index contributed by atoms with van der Waals surface area (Å²) in [5.41, 5.74) is 2.31. The maximum absolute atomic E-state index is 13.2. The van der Waals surface area contributed by atoms with E-state index in [1.54, 1.807) is 23.5 Å². The quantitative estimate of drug-likeness (QED) is 0.726. The summed E-state index contributed by atoms with van der Waals surface area (Å²) in [5, 5.41) is 0. The second kappa shape index (κ2) is 7.37. The van der Waals surface area contributed by atoms with Gasteiger partial charge < -0.3 is 4.74 Å². The molecular formula is C23H27NO3S. The number of fused-ring (bicyclic) bond motifs is 1. The molecule has 0 bridgehead atoms. The van der Waals surface area contributed by atoms with Crippen LogP contribution in [0.15, 0.2) is 65.6 Å². The lowest BCUT2D eigenvalue weighted by Gasteiger charge is -2.34. The van der Waals surface area contributed by atoms with Crippen LogP contribution in [0.1, 0.15) is 24.0 Å². The predicted molar refractivity (Wildman–Crippen MR) is 111 cm³/mol. The van der Waals surface area contributed by atoms with E-state index in [4.69, 9.17) is 4.74 Å². The Morgan fingerprint density at radius 1 is 0.964 bits per heavy atom. The van der Waals surface area contributed by atoms with Crippen molar-refractivity contribution in [1.82, 2.24) is 4.31 Å². The molecule has 2 aromatic carbocycles. The van der Waals surface area contributed by atoms with Gasteiger partial charge in [-0.05, 0) is 60.4 Å². The van der Waals surface area contributed by atoms with E-state index in [9.17, 15) is 8.42 Å². The number of sulfonamides is 1. The zero-order valence-corrected chi connectivity index (χ0v) is 17.4. The van der Waals surface area contributed by atoms with Crippen LogP contribution >= 0.6 is 0 Å². The predicted octanol–water partition coefficient (Wildman–Crippen LogP) is 4.23. The molecule has 0 spiro atoms. The first kappa shape index (κ1) is 19.2. The van der Waals surface area contributed by atoms with Crippen LogP contribution in [0.5, 0.6) is 5.75 Å². The van der Waals surface area contributed by atoms with Crippen molar-refractivity contribution in [2.24, 2.45) is 17.8 Å². The first-order valence-corrected chi connectivity index (χ1v) is 11.2. The lowest BCUT2D eigenvalue weighted by Crippen LogP contribution is -2.30. The van der Waals surface area contributed by atoms with Gasteiger partial charge >= 0.3 is 0 Å². The Morgan fingerprint density at radius 2 is 1.64 bits per heavy atom. The zero-order valence-electron chi connectivity index (χ0n) is 16.6. The average Bonchev–Trinajstić information content (AvgIpc) is 3.13. The second-order valence-electron chi connectivity index (χ2n) is 8.01. The molecule has 0 N–H and O–H groups in total. The molecule has 0 unspecified atom stereocenters. The van der Waals surface area contributed by atoms with Crippen LogP contribution in [-0.4, -0.2) is 32.9 Å². The number of nitrogens with zero attached hydrogens (tertiary/aromatic N) is 1. The van der Waals surface area contributed by atoms with Gasteiger partial charge in [0.05, 0.1) is 12.0 Å². The van der Waals surface area contributed by atoms with Crippen molar-refractivity contribution in [3.63, 3.8) is 0 Å². The number of hydrogen-bond donors (Lipinski definition) is 0. The Labute approximate surface area is 167 Å². The third-order valence-electron chi connectivity index (χ3n) is 6.23. The van der Waals surface area contributed by atoms with E-state index in [0.717, 1.165) is 11.3 Å². The summed E-state index contributed by atoms with van der Waals surface area (Å²) < 4.78 is 33.3. The Kier molecular flexibility index (Phi) is 5.06. The molecule has 0 saturated carbocycles. The number of aryl methyl sites for hydroxylation is 1. The van der Waals surface area contributed by atoms with Gasteiger partial charge in [0, 0.05) is 13.1 Å². The summed E-state index contributed by atoms with van der Waals surface area (Å²) >= 11 is 0. The molecule has 28 heavy (non-hydrogen) atoms. The molecule has 2 aliphatic rings. The van der Waals surface area contributed by atoms with Gasteiger partial charge in [0.15, 0.2) is 0 Å². The molecule has 5 heteroatoms. The Balaban J connectivity index is 1.62. The van der Waals surface area contributed by atoms with Crippen molar-refractivity contribution in [2.45, 2.75) is 24.7 Å².